The van der Waals surface area contributed by atoms with Crippen molar-refractivity contribution in [3.8, 4) is 5.75 Å². The van der Waals surface area contributed by atoms with Crippen molar-refractivity contribution in [2.45, 2.75) is 6.04 Å². The van der Waals surface area contributed by atoms with Gasteiger partial charge >= 0.3 is 5.97 Å². The molecule has 0 aliphatic heterocycles. The van der Waals surface area contributed by atoms with Crippen LogP contribution in [0, 0.1) is 0 Å². The molecule has 110 valence electrons. The number of halogens is 1. The molecule has 0 aromatic heterocycles. The van der Waals surface area contributed by atoms with Gasteiger partial charge in [-0.05, 0) is 17.7 Å². The van der Waals surface area contributed by atoms with E-state index in [0.717, 1.165) is 0 Å². The zero-order chi connectivity index (χ0) is 15.1. The minimum Gasteiger partial charge on any atom is -0.491 e. The molecule has 21 heavy (non-hydrogen) atoms. The van der Waals surface area contributed by atoms with Gasteiger partial charge in [-0.15, -0.1) is 0 Å². The quantitative estimate of drug-likeness (QED) is 0.772. The Bertz CT molecular complexity index is 589. The molecule has 0 amide bonds. The molecule has 2 rings (SSSR count). The Balaban J connectivity index is 1.86. The van der Waals surface area contributed by atoms with E-state index in [1.165, 1.54) is 0 Å². The van der Waals surface area contributed by atoms with E-state index in [2.05, 4.69) is 5.32 Å². The molecule has 1 atom stereocenters. The van der Waals surface area contributed by atoms with E-state index in [1.807, 2.05) is 30.3 Å². The first-order valence-electron chi connectivity index (χ1n) is 6.57. The number of ether oxygens (including phenoxy) is 1. The van der Waals surface area contributed by atoms with Crippen LogP contribution in [0.1, 0.15) is 11.6 Å². The molecule has 0 heterocycles. The van der Waals surface area contributed by atoms with E-state index in [0.29, 0.717) is 29.5 Å². The Labute approximate surface area is 128 Å². The van der Waals surface area contributed by atoms with Crippen molar-refractivity contribution >= 4 is 17.6 Å². The summed E-state index contributed by atoms with van der Waals surface area (Å²) in [5.41, 5.74) is 0.711. The number of carbonyl (C=O) groups is 1. The summed E-state index contributed by atoms with van der Waals surface area (Å²) >= 11 is 5.97. The summed E-state index contributed by atoms with van der Waals surface area (Å²) in [5.74, 6) is -0.327. The second-order valence-corrected chi connectivity index (χ2v) is 4.82. The number of carboxylic acid groups (broad SMARTS) is 1. The fourth-order valence-electron chi connectivity index (χ4n) is 1.92. The lowest BCUT2D eigenvalue weighted by atomic mass is 10.1. The van der Waals surface area contributed by atoms with Gasteiger partial charge in [-0.1, -0.05) is 54.1 Å². The highest BCUT2D eigenvalue weighted by molar-refractivity contribution is 6.32. The number of carboxylic acids is 1. The molecule has 1 unspecified atom stereocenters. The van der Waals surface area contributed by atoms with Crippen LogP contribution in [0.4, 0.5) is 0 Å². The third kappa shape index (κ3) is 4.48. The molecule has 2 aromatic rings. The van der Waals surface area contributed by atoms with Crippen LogP contribution >= 0.6 is 11.6 Å². The van der Waals surface area contributed by atoms with Crippen molar-refractivity contribution in [3.63, 3.8) is 0 Å². The maximum atomic E-state index is 11.3. The highest BCUT2D eigenvalue weighted by atomic mass is 35.5. The summed E-state index contributed by atoms with van der Waals surface area (Å²) in [6.07, 6.45) is 0. The lowest BCUT2D eigenvalue weighted by Gasteiger charge is -2.15. The number of nitrogens with one attached hydrogen (secondary N) is 1. The van der Waals surface area contributed by atoms with Gasteiger partial charge in [0.1, 0.15) is 18.4 Å². The standard InChI is InChI=1S/C16H16ClNO3/c17-13-8-4-5-9-14(13)21-11-10-18-15(16(19)20)12-6-2-1-3-7-12/h1-9,15,18H,10-11H2,(H,19,20). The highest BCUT2D eigenvalue weighted by Gasteiger charge is 2.18. The molecule has 0 aliphatic rings. The van der Waals surface area contributed by atoms with Gasteiger partial charge in [0.15, 0.2) is 0 Å². The molecule has 0 saturated heterocycles. The Hall–Kier alpha value is -2.04. The number of rotatable bonds is 7. The molecule has 0 radical (unpaired) electrons. The SMILES string of the molecule is O=C(O)C(NCCOc1ccccc1Cl)c1ccccc1. The largest absolute Gasteiger partial charge is 0.491 e. The Kier molecular flexibility index (Phi) is 5.60. The van der Waals surface area contributed by atoms with Crippen molar-refractivity contribution in [1.29, 1.82) is 0 Å². The molecule has 0 aliphatic carbocycles. The van der Waals surface area contributed by atoms with Crippen LogP contribution in [0.5, 0.6) is 5.75 Å². The van der Waals surface area contributed by atoms with Gasteiger partial charge < -0.3 is 9.84 Å². The van der Waals surface area contributed by atoms with Crippen LogP contribution in [-0.2, 0) is 4.79 Å². The van der Waals surface area contributed by atoms with E-state index < -0.39 is 12.0 Å². The predicted octanol–water partition coefficient (Wildman–Crippen LogP) is 3.13. The van der Waals surface area contributed by atoms with Crippen LogP contribution in [-0.4, -0.2) is 24.2 Å². The third-order valence-corrected chi connectivity index (χ3v) is 3.24. The smallest absolute Gasteiger partial charge is 0.325 e. The molecule has 0 spiro atoms. The Morgan fingerprint density at radius 3 is 2.48 bits per heavy atom. The van der Waals surface area contributed by atoms with Gasteiger partial charge in [0.05, 0.1) is 5.02 Å². The topological polar surface area (TPSA) is 58.6 Å². The van der Waals surface area contributed by atoms with Crippen LogP contribution in [0.25, 0.3) is 0 Å². The van der Waals surface area contributed by atoms with Crippen molar-refractivity contribution < 1.29 is 14.6 Å². The van der Waals surface area contributed by atoms with Gasteiger partial charge in [0.25, 0.3) is 0 Å². The lowest BCUT2D eigenvalue weighted by molar-refractivity contribution is -0.139. The summed E-state index contributed by atoms with van der Waals surface area (Å²) in [5, 5.41) is 12.8. The molecular weight excluding hydrogens is 290 g/mol. The first kappa shape index (κ1) is 15.4. The summed E-state index contributed by atoms with van der Waals surface area (Å²) in [4.78, 5) is 11.3. The van der Waals surface area contributed by atoms with Crippen LogP contribution in [0.15, 0.2) is 54.6 Å². The zero-order valence-corrected chi connectivity index (χ0v) is 12.1. The average Bonchev–Trinajstić information content (AvgIpc) is 2.49. The van der Waals surface area contributed by atoms with Crippen molar-refractivity contribution in [1.82, 2.24) is 5.32 Å². The predicted molar refractivity (Wildman–Crippen MR) is 81.8 cm³/mol. The van der Waals surface area contributed by atoms with E-state index >= 15 is 0 Å². The van der Waals surface area contributed by atoms with Gasteiger partial charge in [-0.3, -0.25) is 10.1 Å². The number of benzene rings is 2. The summed E-state index contributed by atoms with van der Waals surface area (Å²) < 4.78 is 5.52. The van der Waals surface area contributed by atoms with Gasteiger partial charge in [0, 0.05) is 6.54 Å². The lowest BCUT2D eigenvalue weighted by Crippen LogP contribution is -2.31. The van der Waals surface area contributed by atoms with E-state index in [1.54, 1.807) is 24.3 Å². The number of hydrogen-bond acceptors (Lipinski definition) is 3. The molecule has 5 heteroatoms. The van der Waals surface area contributed by atoms with Gasteiger partial charge in [-0.2, -0.15) is 0 Å². The molecular formula is C16H16ClNO3. The summed E-state index contributed by atoms with van der Waals surface area (Å²) in [6.45, 7) is 0.734. The maximum absolute atomic E-state index is 11.3. The zero-order valence-electron chi connectivity index (χ0n) is 11.3. The molecule has 0 bridgehead atoms. The molecule has 2 aromatic carbocycles. The second kappa shape index (κ2) is 7.67. The number of hydrogen-bond donors (Lipinski definition) is 2. The van der Waals surface area contributed by atoms with Crippen LogP contribution < -0.4 is 10.1 Å². The van der Waals surface area contributed by atoms with Crippen LogP contribution in [0.3, 0.4) is 0 Å². The fraction of sp³-hybridized carbons (Fsp3) is 0.188. The number of para-hydroxylation sites is 1. The minimum atomic E-state index is -0.918. The van der Waals surface area contributed by atoms with E-state index in [9.17, 15) is 9.90 Å². The molecule has 0 fully saturated rings. The second-order valence-electron chi connectivity index (χ2n) is 4.41. The average molecular weight is 306 g/mol. The van der Waals surface area contributed by atoms with Crippen molar-refractivity contribution in [2.24, 2.45) is 0 Å². The third-order valence-electron chi connectivity index (χ3n) is 2.92. The Morgan fingerprint density at radius 2 is 1.81 bits per heavy atom. The maximum Gasteiger partial charge on any atom is 0.325 e. The summed E-state index contributed by atoms with van der Waals surface area (Å²) in [7, 11) is 0. The first-order valence-corrected chi connectivity index (χ1v) is 6.95. The number of aliphatic carboxylic acids is 1. The first-order chi connectivity index (χ1) is 10.2. The van der Waals surface area contributed by atoms with Crippen LogP contribution in [0.2, 0.25) is 5.02 Å². The minimum absolute atomic E-state index is 0.334. The fourth-order valence-corrected chi connectivity index (χ4v) is 2.11. The van der Waals surface area contributed by atoms with Crippen molar-refractivity contribution in [2.75, 3.05) is 13.2 Å². The molecule has 0 saturated carbocycles. The van der Waals surface area contributed by atoms with E-state index in [-0.39, 0.29) is 0 Å². The normalized spacial score (nSPS) is 11.9. The summed E-state index contributed by atoms with van der Waals surface area (Å²) in [6, 6.07) is 15.5. The van der Waals surface area contributed by atoms with Gasteiger partial charge in [-0.25, -0.2) is 0 Å². The Morgan fingerprint density at radius 1 is 1.14 bits per heavy atom. The monoisotopic (exact) mass is 305 g/mol. The molecule has 2 N–H and O–H groups in total. The van der Waals surface area contributed by atoms with Gasteiger partial charge in [0.2, 0.25) is 0 Å². The highest BCUT2D eigenvalue weighted by Crippen LogP contribution is 2.22. The molecule has 4 nitrogen and oxygen atoms in total. The van der Waals surface area contributed by atoms with Crippen molar-refractivity contribution in [3.05, 3.63) is 65.2 Å². The van der Waals surface area contributed by atoms with E-state index in [4.69, 9.17) is 16.3 Å².